The van der Waals surface area contributed by atoms with Gasteiger partial charge in [-0.3, -0.25) is 0 Å². The molecule has 0 aromatic rings. The molecule has 24 heavy (non-hydrogen) atoms. The predicted molar refractivity (Wildman–Crippen MR) is 90.8 cm³/mol. The van der Waals surface area contributed by atoms with Gasteiger partial charge in [-0.1, -0.05) is 31.7 Å². The second-order valence-electron chi connectivity index (χ2n) is 8.21. The third kappa shape index (κ3) is 2.57. The van der Waals surface area contributed by atoms with E-state index in [1.165, 1.54) is 11.8 Å². The molecule has 1 heterocycles. The summed E-state index contributed by atoms with van der Waals surface area (Å²) in [4.78, 5) is 11.6. The van der Waals surface area contributed by atoms with E-state index in [4.69, 9.17) is 4.74 Å². The number of rotatable bonds is 4. The van der Waals surface area contributed by atoms with Gasteiger partial charge < -0.3 is 14.9 Å². The molecule has 2 aliphatic carbocycles. The summed E-state index contributed by atoms with van der Waals surface area (Å²) in [7, 11) is 0. The van der Waals surface area contributed by atoms with Crippen molar-refractivity contribution in [1.82, 2.24) is 0 Å². The van der Waals surface area contributed by atoms with Crippen LogP contribution in [0.3, 0.4) is 0 Å². The van der Waals surface area contributed by atoms with Gasteiger partial charge in [-0.05, 0) is 55.8 Å². The molecule has 1 aliphatic heterocycles. The van der Waals surface area contributed by atoms with Crippen molar-refractivity contribution in [3.8, 4) is 0 Å². The van der Waals surface area contributed by atoms with E-state index in [9.17, 15) is 15.0 Å². The topological polar surface area (TPSA) is 66.8 Å². The molecular weight excluding hydrogens is 304 g/mol. The van der Waals surface area contributed by atoms with E-state index in [1.807, 2.05) is 6.92 Å². The summed E-state index contributed by atoms with van der Waals surface area (Å²) >= 11 is 0. The molecule has 0 bridgehead atoms. The Hall–Kier alpha value is -1.35. The van der Waals surface area contributed by atoms with Crippen LogP contribution in [0.2, 0.25) is 0 Å². The monoisotopic (exact) mass is 332 g/mol. The van der Waals surface area contributed by atoms with Gasteiger partial charge >= 0.3 is 5.97 Å². The number of allylic oxidation sites excluding steroid dienone is 1. The molecule has 3 rings (SSSR count). The second kappa shape index (κ2) is 6.18. The number of hydrogen-bond donors (Lipinski definition) is 2. The summed E-state index contributed by atoms with van der Waals surface area (Å²) in [6, 6.07) is 0. The summed E-state index contributed by atoms with van der Waals surface area (Å²) in [5.41, 5.74) is 4.27. The molecule has 5 atom stereocenters. The predicted octanol–water partition coefficient (Wildman–Crippen LogP) is 3.10. The highest BCUT2D eigenvalue weighted by Gasteiger charge is 2.57. The first-order chi connectivity index (χ1) is 11.3. The fraction of sp³-hybridized carbons (Fsp3) is 0.700. The zero-order valence-corrected chi connectivity index (χ0v) is 14.7. The molecule has 0 unspecified atom stereocenters. The maximum Gasteiger partial charge on any atom is 0.347 e. The Labute approximate surface area is 143 Å². The van der Waals surface area contributed by atoms with Crippen molar-refractivity contribution in [3.05, 3.63) is 29.7 Å². The number of hydrogen-bond acceptors (Lipinski definition) is 4. The Kier molecular flexibility index (Phi) is 4.50. The van der Waals surface area contributed by atoms with Crippen molar-refractivity contribution in [2.75, 3.05) is 6.61 Å². The average Bonchev–Trinajstić information content (AvgIpc) is 2.96. The van der Waals surface area contributed by atoms with Crippen LogP contribution >= 0.6 is 0 Å². The van der Waals surface area contributed by atoms with Crippen LogP contribution in [0.5, 0.6) is 0 Å². The van der Waals surface area contributed by atoms with Crippen LogP contribution in [0.4, 0.5) is 0 Å². The molecule has 2 N–H and O–H groups in total. The van der Waals surface area contributed by atoms with Crippen LogP contribution in [-0.2, 0) is 9.53 Å². The van der Waals surface area contributed by atoms with Gasteiger partial charge in [0.15, 0.2) is 0 Å². The van der Waals surface area contributed by atoms with Crippen molar-refractivity contribution < 1.29 is 19.7 Å². The summed E-state index contributed by atoms with van der Waals surface area (Å²) in [5, 5.41) is 20.5. The molecule has 0 aromatic carbocycles. The van der Waals surface area contributed by atoms with Gasteiger partial charge in [0.05, 0.1) is 18.3 Å². The highest BCUT2D eigenvalue weighted by molar-refractivity contribution is 5.90. The number of aliphatic hydroxyl groups is 2. The van der Waals surface area contributed by atoms with Crippen LogP contribution in [-0.4, -0.2) is 28.9 Å². The lowest BCUT2D eigenvalue weighted by Gasteiger charge is -2.60. The largest absolute Gasteiger partial charge is 0.422 e. The van der Waals surface area contributed by atoms with E-state index >= 15 is 0 Å². The van der Waals surface area contributed by atoms with E-state index in [0.29, 0.717) is 18.4 Å². The number of cyclic esters (lactones) is 1. The molecule has 3 aliphatic rings. The molecule has 0 radical (unpaired) electrons. The third-order valence-electron chi connectivity index (χ3n) is 7.02. The molecule has 0 aromatic heterocycles. The van der Waals surface area contributed by atoms with Crippen LogP contribution in [0.1, 0.15) is 52.4 Å². The van der Waals surface area contributed by atoms with Crippen molar-refractivity contribution in [1.29, 1.82) is 0 Å². The fourth-order valence-electron chi connectivity index (χ4n) is 5.48. The number of esters is 1. The Morgan fingerprint density at radius 1 is 1.42 bits per heavy atom. The van der Waals surface area contributed by atoms with Crippen LogP contribution in [0.15, 0.2) is 29.7 Å². The van der Waals surface area contributed by atoms with Crippen molar-refractivity contribution >= 4 is 5.97 Å². The minimum absolute atomic E-state index is 0.00116. The zero-order chi connectivity index (χ0) is 17.5. The Morgan fingerprint density at radius 2 is 2.17 bits per heavy atom. The molecule has 0 spiro atoms. The molecule has 132 valence electrons. The zero-order valence-electron chi connectivity index (χ0n) is 14.7. The summed E-state index contributed by atoms with van der Waals surface area (Å²) in [6.07, 6.45) is 5.88. The normalized spacial score (nSPS) is 41.8. The molecule has 0 amide bonds. The SMILES string of the molecule is C=C1CC[C@@H]2[C@](C)(CO)[C@H](O)CC[C@@]2(C)[C@@H]1CCC1=C=COC1=O. The van der Waals surface area contributed by atoms with Crippen LogP contribution in [0.25, 0.3) is 0 Å². The number of ether oxygens (including phenoxy) is 1. The van der Waals surface area contributed by atoms with Crippen molar-refractivity contribution in [2.45, 2.75) is 58.5 Å². The van der Waals surface area contributed by atoms with Gasteiger partial charge in [0.2, 0.25) is 0 Å². The number of fused-ring (bicyclic) bond motifs is 1. The maximum atomic E-state index is 11.6. The molecule has 2 saturated carbocycles. The second-order valence-corrected chi connectivity index (χ2v) is 8.21. The first kappa shape index (κ1) is 17.5. The van der Waals surface area contributed by atoms with Gasteiger partial charge in [0.1, 0.15) is 6.26 Å². The fourth-order valence-corrected chi connectivity index (χ4v) is 5.48. The quantitative estimate of drug-likeness (QED) is 0.472. The Balaban J connectivity index is 1.84. The molecule has 4 nitrogen and oxygen atoms in total. The van der Waals surface area contributed by atoms with Crippen molar-refractivity contribution in [3.63, 3.8) is 0 Å². The van der Waals surface area contributed by atoms with E-state index in [0.717, 1.165) is 25.7 Å². The highest BCUT2D eigenvalue weighted by atomic mass is 16.5. The van der Waals surface area contributed by atoms with Gasteiger partial charge in [-0.25, -0.2) is 4.79 Å². The first-order valence-corrected chi connectivity index (χ1v) is 8.94. The Bertz CT molecular complexity index is 615. The molecule has 2 fully saturated rings. The van der Waals surface area contributed by atoms with E-state index in [1.54, 1.807) is 0 Å². The average molecular weight is 332 g/mol. The molecule has 4 heteroatoms. The lowest BCUT2D eigenvalue weighted by atomic mass is 9.46. The Morgan fingerprint density at radius 3 is 2.79 bits per heavy atom. The van der Waals surface area contributed by atoms with E-state index in [-0.39, 0.29) is 29.8 Å². The van der Waals surface area contributed by atoms with Gasteiger partial charge in [0, 0.05) is 5.41 Å². The minimum Gasteiger partial charge on any atom is -0.422 e. The smallest absolute Gasteiger partial charge is 0.347 e. The van der Waals surface area contributed by atoms with E-state index in [2.05, 4.69) is 19.2 Å². The summed E-state index contributed by atoms with van der Waals surface area (Å²) in [6.45, 7) is 8.62. The third-order valence-corrected chi connectivity index (χ3v) is 7.02. The number of carbonyl (C=O) groups excluding carboxylic acids is 1. The lowest BCUT2D eigenvalue weighted by Crippen LogP contribution is -2.57. The van der Waals surface area contributed by atoms with Crippen LogP contribution < -0.4 is 0 Å². The summed E-state index contributed by atoms with van der Waals surface area (Å²) < 4.78 is 4.83. The highest BCUT2D eigenvalue weighted by Crippen LogP contribution is 2.61. The lowest BCUT2D eigenvalue weighted by molar-refractivity contribution is -0.152. The number of carbonyl (C=O) groups is 1. The maximum absolute atomic E-state index is 11.6. The minimum atomic E-state index is -0.461. The molecular formula is C20H28O4. The first-order valence-electron chi connectivity index (χ1n) is 8.94. The van der Waals surface area contributed by atoms with Crippen LogP contribution in [0, 0.1) is 22.7 Å². The summed E-state index contributed by atoms with van der Waals surface area (Å²) in [5.74, 6) is 0.254. The van der Waals surface area contributed by atoms with Gasteiger partial charge in [0.25, 0.3) is 0 Å². The van der Waals surface area contributed by atoms with Gasteiger partial charge in [-0.15, -0.1) is 0 Å². The van der Waals surface area contributed by atoms with Gasteiger partial charge in [-0.2, -0.15) is 0 Å². The molecule has 0 saturated heterocycles. The van der Waals surface area contributed by atoms with E-state index < -0.39 is 11.5 Å². The van der Waals surface area contributed by atoms with Crippen molar-refractivity contribution in [2.24, 2.45) is 22.7 Å². The number of aliphatic hydroxyl groups excluding tert-OH is 2. The standard InChI is InChI=1S/C20H28O4/c1-13-4-7-16-19(2,10-8-17(22)20(16,3)12-21)15(13)6-5-14-9-11-24-18(14)23/h11,15-17,21-22H,1,4-8,10,12H2,2-3H3/t15-,16+,17-,19+,20+/m1/s1.